The smallest absolute Gasteiger partial charge is 0.0948 e. The van der Waals surface area contributed by atoms with E-state index in [1.807, 2.05) is 0 Å². The van der Waals surface area contributed by atoms with Crippen LogP contribution in [0, 0.1) is 13.8 Å². The van der Waals surface area contributed by atoms with E-state index in [-0.39, 0.29) is 6.04 Å². The Morgan fingerprint density at radius 2 is 1.89 bits per heavy atom. The van der Waals surface area contributed by atoms with Crippen LogP contribution < -0.4 is 5.73 Å². The Kier molecular flexibility index (Phi) is 4.15. The Labute approximate surface area is 113 Å². The van der Waals surface area contributed by atoms with Crippen molar-refractivity contribution in [2.45, 2.75) is 39.7 Å². The van der Waals surface area contributed by atoms with Gasteiger partial charge in [0.1, 0.15) is 0 Å². The molecule has 0 aliphatic heterocycles. The van der Waals surface area contributed by atoms with Gasteiger partial charge >= 0.3 is 0 Å². The number of hydrogen-bond acceptors (Lipinski definition) is 3. The van der Waals surface area contributed by atoms with Crippen molar-refractivity contribution in [2.75, 3.05) is 0 Å². The number of benzene rings is 1. The minimum Gasteiger partial charge on any atom is -0.327 e. The molecule has 0 aliphatic carbocycles. The summed E-state index contributed by atoms with van der Waals surface area (Å²) < 4.78 is 0. The molecule has 1 heterocycles. The molecule has 0 aliphatic rings. The van der Waals surface area contributed by atoms with Gasteiger partial charge in [0.05, 0.1) is 10.7 Å². The minimum atomic E-state index is 0.225. The third-order valence-electron chi connectivity index (χ3n) is 3.03. The van der Waals surface area contributed by atoms with Crippen LogP contribution in [0.2, 0.25) is 0 Å². The Balaban J connectivity index is 2.23. The number of nitrogens with zero attached hydrogens (tertiary/aromatic N) is 1. The number of aromatic nitrogens is 1. The van der Waals surface area contributed by atoms with Crippen molar-refractivity contribution in [3.05, 3.63) is 39.7 Å². The van der Waals surface area contributed by atoms with Crippen molar-refractivity contribution in [1.29, 1.82) is 0 Å². The first-order valence-corrected chi connectivity index (χ1v) is 7.25. The van der Waals surface area contributed by atoms with E-state index in [2.05, 4.69) is 49.3 Å². The van der Waals surface area contributed by atoms with E-state index in [0.717, 1.165) is 23.5 Å². The zero-order valence-corrected chi connectivity index (χ0v) is 12.1. The van der Waals surface area contributed by atoms with Crippen LogP contribution in [0.15, 0.2) is 23.6 Å². The second-order valence-electron chi connectivity index (χ2n) is 4.88. The normalized spacial score (nSPS) is 12.7. The molecule has 0 bridgehead atoms. The molecular weight excluding hydrogens is 240 g/mol. The van der Waals surface area contributed by atoms with E-state index in [1.165, 1.54) is 16.7 Å². The van der Waals surface area contributed by atoms with E-state index >= 15 is 0 Å². The zero-order chi connectivity index (χ0) is 13.1. The first-order chi connectivity index (χ1) is 8.58. The van der Waals surface area contributed by atoms with Crippen molar-refractivity contribution < 1.29 is 0 Å². The summed E-state index contributed by atoms with van der Waals surface area (Å²) in [5.41, 5.74) is 10.8. The van der Waals surface area contributed by atoms with Gasteiger partial charge in [-0.1, -0.05) is 24.1 Å². The van der Waals surface area contributed by atoms with E-state index in [0.29, 0.717) is 0 Å². The SMILES string of the molecule is CCC(N)Cc1nc(-c2cc(C)cc(C)c2)cs1. The molecule has 3 heteroatoms. The highest BCUT2D eigenvalue weighted by Crippen LogP contribution is 2.24. The Bertz CT molecular complexity index is 511. The molecule has 18 heavy (non-hydrogen) atoms. The van der Waals surface area contributed by atoms with Crippen LogP contribution in [0.1, 0.15) is 29.5 Å². The number of rotatable bonds is 4. The fourth-order valence-corrected chi connectivity index (χ4v) is 2.93. The van der Waals surface area contributed by atoms with Crippen LogP contribution in [-0.2, 0) is 6.42 Å². The molecule has 1 unspecified atom stereocenters. The molecule has 0 saturated carbocycles. The fourth-order valence-electron chi connectivity index (χ4n) is 2.03. The quantitative estimate of drug-likeness (QED) is 0.910. The van der Waals surface area contributed by atoms with Crippen molar-refractivity contribution >= 4 is 11.3 Å². The van der Waals surface area contributed by atoms with Crippen molar-refractivity contribution in [3.63, 3.8) is 0 Å². The molecule has 2 nitrogen and oxygen atoms in total. The molecule has 0 radical (unpaired) electrons. The molecule has 0 spiro atoms. The summed E-state index contributed by atoms with van der Waals surface area (Å²) in [4.78, 5) is 4.69. The van der Waals surface area contributed by atoms with Crippen LogP contribution in [0.25, 0.3) is 11.3 Å². The van der Waals surface area contributed by atoms with Gasteiger partial charge in [-0.05, 0) is 32.4 Å². The molecule has 0 saturated heterocycles. The third-order valence-corrected chi connectivity index (χ3v) is 3.90. The maximum absolute atomic E-state index is 5.97. The van der Waals surface area contributed by atoms with Gasteiger partial charge in [0.25, 0.3) is 0 Å². The van der Waals surface area contributed by atoms with Gasteiger partial charge < -0.3 is 5.73 Å². The molecule has 96 valence electrons. The first-order valence-electron chi connectivity index (χ1n) is 6.37. The summed E-state index contributed by atoms with van der Waals surface area (Å²) in [6.45, 7) is 6.36. The number of aryl methyl sites for hydroxylation is 2. The highest BCUT2D eigenvalue weighted by atomic mass is 32.1. The van der Waals surface area contributed by atoms with Gasteiger partial charge in [-0.25, -0.2) is 4.98 Å². The van der Waals surface area contributed by atoms with Gasteiger partial charge in [-0.3, -0.25) is 0 Å². The van der Waals surface area contributed by atoms with Crippen LogP contribution in [-0.4, -0.2) is 11.0 Å². The highest BCUT2D eigenvalue weighted by Gasteiger charge is 2.08. The van der Waals surface area contributed by atoms with Crippen LogP contribution in [0.5, 0.6) is 0 Å². The van der Waals surface area contributed by atoms with Crippen LogP contribution in [0.3, 0.4) is 0 Å². The minimum absolute atomic E-state index is 0.225. The molecule has 1 aromatic heterocycles. The lowest BCUT2D eigenvalue weighted by Gasteiger charge is -2.05. The third kappa shape index (κ3) is 3.18. The topological polar surface area (TPSA) is 38.9 Å². The molecule has 0 fully saturated rings. The lowest BCUT2D eigenvalue weighted by atomic mass is 10.1. The van der Waals surface area contributed by atoms with E-state index in [9.17, 15) is 0 Å². The molecule has 2 aromatic rings. The molecular formula is C15H20N2S. The largest absolute Gasteiger partial charge is 0.327 e. The van der Waals surface area contributed by atoms with Crippen LogP contribution in [0.4, 0.5) is 0 Å². The summed E-state index contributed by atoms with van der Waals surface area (Å²) in [6, 6.07) is 6.78. The van der Waals surface area contributed by atoms with E-state index in [4.69, 9.17) is 5.73 Å². The monoisotopic (exact) mass is 260 g/mol. The van der Waals surface area contributed by atoms with Crippen molar-refractivity contribution in [3.8, 4) is 11.3 Å². The van der Waals surface area contributed by atoms with E-state index < -0.39 is 0 Å². The lowest BCUT2D eigenvalue weighted by Crippen LogP contribution is -2.21. The van der Waals surface area contributed by atoms with Gasteiger partial charge in [0.15, 0.2) is 0 Å². The molecule has 1 atom stereocenters. The molecule has 2 rings (SSSR count). The van der Waals surface area contributed by atoms with Gasteiger partial charge in [0.2, 0.25) is 0 Å². The Morgan fingerprint density at radius 3 is 2.50 bits per heavy atom. The van der Waals surface area contributed by atoms with Gasteiger partial charge in [0, 0.05) is 23.4 Å². The average molecular weight is 260 g/mol. The molecule has 2 N–H and O–H groups in total. The van der Waals surface area contributed by atoms with Crippen molar-refractivity contribution in [2.24, 2.45) is 5.73 Å². The van der Waals surface area contributed by atoms with Crippen LogP contribution >= 0.6 is 11.3 Å². The number of hydrogen-bond donors (Lipinski definition) is 1. The summed E-state index contributed by atoms with van der Waals surface area (Å²) in [7, 11) is 0. The zero-order valence-electron chi connectivity index (χ0n) is 11.2. The number of nitrogens with two attached hydrogens (primary N) is 1. The Morgan fingerprint density at radius 1 is 1.22 bits per heavy atom. The predicted molar refractivity (Wildman–Crippen MR) is 79.0 cm³/mol. The predicted octanol–water partition coefficient (Wildman–Crippen LogP) is 3.71. The average Bonchev–Trinajstić information content (AvgIpc) is 2.76. The molecule has 0 amide bonds. The molecule has 1 aromatic carbocycles. The summed E-state index contributed by atoms with van der Waals surface area (Å²) >= 11 is 1.71. The van der Waals surface area contributed by atoms with Gasteiger partial charge in [-0.2, -0.15) is 0 Å². The highest BCUT2D eigenvalue weighted by molar-refractivity contribution is 7.09. The van der Waals surface area contributed by atoms with Gasteiger partial charge in [-0.15, -0.1) is 11.3 Å². The maximum Gasteiger partial charge on any atom is 0.0948 e. The summed E-state index contributed by atoms with van der Waals surface area (Å²) in [6.07, 6.45) is 1.88. The van der Waals surface area contributed by atoms with E-state index in [1.54, 1.807) is 11.3 Å². The summed E-state index contributed by atoms with van der Waals surface area (Å²) in [5.74, 6) is 0. The second-order valence-corrected chi connectivity index (χ2v) is 5.82. The summed E-state index contributed by atoms with van der Waals surface area (Å²) in [5, 5.41) is 3.27. The Hall–Kier alpha value is -1.19. The van der Waals surface area contributed by atoms with Crippen molar-refractivity contribution in [1.82, 2.24) is 4.98 Å². The number of thiazole rings is 1. The second kappa shape index (κ2) is 5.63. The lowest BCUT2D eigenvalue weighted by molar-refractivity contribution is 0.644. The standard InChI is InChI=1S/C15H20N2S/c1-4-13(16)8-15-17-14(9-18-15)12-6-10(2)5-11(3)7-12/h5-7,9,13H,4,8,16H2,1-3H3. The fraction of sp³-hybridized carbons (Fsp3) is 0.400. The maximum atomic E-state index is 5.97. The first kappa shape index (κ1) is 13.2.